The Morgan fingerprint density at radius 3 is 2.60 bits per heavy atom. The molecule has 6 nitrogen and oxygen atoms in total. The Bertz CT molecular complexity index is 1030. The standard InChI is InChI=1S/C19H16N4O2/c24-10-9-23-12-17(18(22-23)14-3-6-20-7-4-14)15-2-1-13-5-8-21-19(25)16(13)11-15/h1-8,11-12,24H,9-10H2,(H,21,25). The van der Waals surface area contributed by atoms with Gasteiger partial charge >= 0.3 is 0 Å². The second-order valence-corrected chi connectivity index (χ2v) is 5.68. The summed E-state index contributed by atoms with van der Waals surface area (Å²) in [6.07, 6.45) is 6.93. The van der Waals surface area contributed by atoms with Crippen molar-refractivity contribution in [1.82, 2.24) is 19.7 Å². The van der Waals surface area contributed by atoms with Gasteiger partial charge in [0.15, 0.2) is 0 Å². The summed E-state index contributed by atoms with van der Waals surface area (Å²) in [5.74, 6) is 0.00700. The van der Waals surface area contributed by atoms with Crippen molar-refractivity contribution in [1.29, 1.82) is 0 Å². The molecule has 4 aromatic rings. The summed E-state index contributed by atoms with van der Waals surface area (Å²) in [6.45, 7) is 0.428. The fourth-order valence-corrected chi connectivity index (χ4v) is 2.89. The fourth-order valence-electron chi connectivity index (χ4n) is 2.89. The molecule has 0 aliphatic rings. The largest absolute Gasteiger partial charge is 0.493 e. The van der Waals surface area contributed by atoms with Gasteiger partial charge in [0.05, 0.1) is 13.2 Å². The van der Waals surface area contributed by atoms with Gasteiger partial charge in [-0.3, -0.25) is 9.67 Å². The van der Waals surface area contributed by atoms with Crippen LogP contribution in [0.3, 0.4) is 0 Å². The first-order chi connectivity index (χ1) is 12.3. The third-order valence-corrected chi connectivity index (χ3v) is 4.10. The van der Waals surface area contributed by atoms with E-state index in [1.807, 2.05) is 42.6 Å². The van der Waals surface area contributed by atoms with Gasteiger partial charge in [0.2, 0.25) is 5.88 Å². The van der Waals surface area contributed by atoms with Gasteiger partial charge in [-0.2, -0.15) is 5.10 Å². The number of hydrogen-bond donors (Lipinski definition) is 2. The number of fused-ring (bicyclic) bond motifs is 1. The van der Waals surface area contributed by atoms with Crippen molar-refractivity contribution in [2.24, 2.45) is 0 Å². The zero-order valence-electron chi connectivity index (χ0n) is 13.4. The molecule has 0 atom stereocenters. The molecule has 0 radical (unpaired) electrons. The lowest BCUT2D eigenvalue weighted by Gasteiger charge is -2.05. The maximum Gasteiger partial charge on any atom is 0.218 e. The molecule has 1 aromatic carbocycles. The first-order valence-corrected chi connectivity index (χ1v) is 7.93. The lowest BCUT2D eigenvalue weighted by molar-refractivity contribution is 0.269. The lowest BCUT2D eigenvalue weighted by Crippen LogP contribution is -2.02. The number of rotatable bonds is 4. The number of aromatic nitrogens is 4. The van der Waals surface area contributed by atoms with Crippen molar-refractivity contribution >= 4 is 10.8 Å². The second-order valence-electron chi connectivity index (χ2n) is 5.68. The Labute approximate surface area is 144 Å². The van der Waals surface area contributed by atoms with Gasteiger partial charge in [-0.15, -0.1) is 0 Å². The number of aliphatic hydroxyl groups excluding tert-OH is 1. The summed E-state index contributed by atoms with van der Waals surface area (Å²) >= 11 is 0. The minimum atomic E-state index is 0.00700. The minimum Gasteiger partial charge on any atom is -0.493 e. The van der Waals surface area contributed by atoms with Crippen LogP contribution >= 0.6 is 0 Å². The monoisotopic (exact) mass is 332 g/mol. The van der Waals surface area contributed by atoms with Crippen molar-refractivity contribution in [3.8, 4) is 28.3 Å². The normalized spacial score (nSPS) is 11.1. The molecule has 4 rings (SSSR count). The Morgan fingerprint density at radius 2 is 1.80 bits per heavy atom. The molecule has 0 bridgehead atoms. The molecular weight excluding hydrogens is 316 g/mol. The van der Waals surface area contributed by atoms with Gasteiger partial charge in [0.25, 0.3) is 0 Å². The highest BCUT2D eigenvalue weighted by atomic mass is 16.3. The highest BCUT2D eigenvalue weighted by molar-refractivity contribution is 5.92. The number of aliphatic hydroxyl groups is 1. The molecule has 0 fully saturated rings. The topological polar surface area (TPSA) is 84.1 Å². The van der Waals surface area contributed by atoms with Crippen LogP contribution in [-0.2, 0) is 6.54 Å². The number of benzene rings is 1. The van der Waals surface area contributed by atoms with E-state index < -0.39 is 0 Å². The maximum absolute atomic E-state index is 10.0. The van der Waals surface area contributed by atoms with Crippen molar-refractivity contribution in [3.63, 3.8) is 0 Å². The van der Waals surface area contributed by atoms with Crippen molar-refractivity contribution in [2.75, 3.05) is 6.61 Å². The van der Waals surface area contributed by atoms with Crippen LogP contribution < -0.4 is 0 Å². The van der Waals surface area contributed by atoms with Gasteiger partial charge in [-0.05, 0) is 35.2 Å². The molecule has 0 saturated carbocycles. The minimum absolute atomic E-state index is 0.00700. The molecule has 0 amide bonds. The molecule has 3 heterocycles. The van der Waals surface area contributed by atoms with Crippen molar-refractivity contribution < 1.29 is 10.2 Å². The average Bonchev–Trinajstić information content (AvgIpc) is 3.07. The van der Waals surface area contributed by atoms with E-state index in [4.69, 9.17) is 0 Å². The van der Waals surface area contributed by atoms with E-state index in [2.05, 4.69) is 15.1 Å². The molecule has 25 heavy (non-hydrogen) atoms. The molecule has 2 N–H and O–H groups in total. The molecule has 0 saturated heterocycles. The lowest BCUT2D eigenvalue weighted by atomic mass is 10.00. The molecule has 0 unspecified atom stereocenters. The smallest absolute Gasteiger partial charge is 0.218 e. The number of hydrogen-bond acceptors (Lipinski definition) is 5. The van der Waals surface area contributed by atoms with Gasteiger partial charge in [0.1, 0.15) is 5.69 Å². The first-order valence-electron chi connectivity index (χ1n) is 7.93. The zero-order valence-corrected chi connectivity index (χ0v) is 13.4. The van der Waals surface area contributed by atoms with Crippen molar-refractivity contribution in [3.05, 3.63) is 61.2 Å². The molecule has 0 aliphatic carbocycles. The summed E-state index contributed by atoms with van der Waals surface area (Å²) in [5, 5.41) is 25.5. The predicted molar refractivity (Wildman–Crippen MR) is 94.9 cm³/mol. The maximum atomic E-state index is 10.0. The van der Waals surface area contributed by atoms with Crippen LogP contribution in [0.25, 0.3) is 33.2 Å². The van der Waals surface area contributed by atoms with E-state index in [1.165, 1.54) is 0 Å². The Hall–Kier alpha value is -3.25. The van der Waals surface area contributed by atoms with Crippen LogP contribution in [-0.4, -0.2) is 36.6 Å². The van der Waals surface area contributed by atoms with E-state index in [-0.39, 0.29) is 12.5 Å². The van der Waals surface area contributed by atoms with E-state index in [0.717, 1.165) is 27.8 Å². The molecular formula is C19H16N4O2. The summed E-state index contributed by atoms with van der Waals surface area (Å²) < 4.78 is 1.72. The van der Waals surface area contributed by atoms with Crippen LogP contribution in [0.4, 0.5) is 0 Å². The number of pyridine rings is 2. The summed E-state index contributed by atoms with van der Waals surface area (Å²) in [5.41, 5.74) is 3.59. The van der Waals surface area contributed by atoms with E-state index in [0.29, 0.717) is 11.9 Å². The van der Waals surface area contributed by atoms with Gasteiger partial charge in [0, 0.05) is 41.3 Å². The van der Waals surface area contributed by atoms with E-state index in [9.17, 15) is 10.2 Å². The van der Waals surface area contributed by atoms with Crippen LogP contribution in [0, 0.1) is 0 Å². The highest BCUT2D eigenvalue weighted by Gasteiger charge is 2.14. The fraction of sp³-hybridized carbons (Fsp3) is 0.105. The van der Waals surface area contributed by atoms with Crippen LogP contribution in [0.1, 0.15) is 0 Å². The third kappa shape index (κ3) is 2.83. The van der Waals surface area contributed by atoms with E-state index in [1.54, 1.807) is 23.3 Å². The zero-order chi connectivity index (χ0) is 17.2. The summed E-state index contributed by atoms with van der Waals surface area (Å²) in [7, 11) is 0. The van der Waals surface area contributed by atoms with E-state index >= 15 is 0 Å². The first kappa shape index (κ1) is 15.3. The summed E-state index contributed by atoms with van der Waals surface area (Å²) in [6, 6.07) is 11.5. The highest BCUT2D eigenvalue weighted by Crippen LogP contribution is 2.34. The van der Waals surface area contributed by atoms with Crippen LogP contribution in [0.2, 0.25) is 0 Å². The molecule has 0 aliphatic heterocycles. The Kier molecular flexibility index (Phi) is 3.87. The Morgan fingerprint density at radius 1 is 0.960 bits per heavy atom. The van der Waals surface area contributed by atoms with Crippen molar-refractivity contribution in [2.45, 2.75) is 6.54 Å². The molecule has 0 spiro atoms. The third-order valence-electron chi connectivity index (χ3n) is 4.10. The predicted octanol–water partition coefficient (Wildman–Crippen LogP) is 2.86. The van der Waals surface area contributed by atoms with Gasteiger partial charge < -0.3 is 10.2 Å². The van der Waals surface area contributed by atoms with Gasteiger partial charge in [-0.25, -0.2) is 4.98 Å². The molecule has 124 valence electrons. The number of aromatic hydroxyl groups is 1. The van der Waals surface area contributed by atoms with Crippen LogP contribution in [0.5, 0.6) is 5.88 Å². The number of nitrogens with zero attached hydrogens (tertiary/aromatic N) is 4. The SMILES string of the molecule is OCCn1cc(-c2ccc3ccnc(O)c3c2)c(-c2ccncc2)n1. The quantitative estimate of drug-likeness (QED) is 0.600. The molecule has 6 heteroatoms. The summed E-state index contributed by atoms with van der Waals surface area (Å²) in [4.78, 5) is 8.00. The second kappa shape index (κ2) is 6.33. The molecule has 3 aromatic heterocycles. The van der Waals surface area contributed by atoms with Gasteiger partial charge in [-0.1, -0.05) is 12.1 Å². The Balaban J connectivity index is 1.91. The van der Waals surface area contributed by atoms with Crippen LogP contribution in [0.15, 0.2) is 61.2 Å². The average molecular weight is 332 g/mol.